The van der Waals surface area contributed by atoms with Gasteiger partial charge in [0.1, 0.15) is 5.75 Å². The average molecular weight is 342 g/mol. The lowest BCUT2D eigenvalue weighted by atomic mass is 10.1. The lowest BCUT2D eigenvalue weighted by molar-refractivity contribution is 0.240. The monoisotopic (exact) mass is 341 g/mol. The third-order valence-corrected chi connectivity index (χ3v) is 4.22. The lowest BCUT2D eigenvalue weighted by Crippen LogP contribution is -2.24. The number of aliphatic hydroxyl groups excluding tert-OH is 1. The second-order valence-electron chi connectivity index (χ2n) is 4.08. The van der Waals surface area contributed by atoms with E-state index >= 15 is 0 Å². The third-order valence-electron chi connectivity index (χ3n) is 2.85. The molecule has 2 aromatic rings. The Hall–Kier alpha value is -0.880. The summed E-state index contributed by atoms with van der Waals surface area (Å²) in [5.41, 5.74) is 0.955. The van der Waals surface area contributed by atoms with Crippen LogP contribution in [-0.2, 0) is 6.54 Å². The van der Waals surface area contributed by atoms with Crippen molar-refractivity contribution in [1.82, 2.24) is 5.32 Å². The maximum Gasteiger partial charge on any atom is 0.123 e. The summed E-state index contributed by atoms with van der Waals surface area (Å²) < 4.78 is 6.32. The summed E-state index contributed by atoms with van der Waals surface area (Å²) in [7, 11) is 1.64. The summed E-state index contributed by atoms with van der Waals surface area (Å²) in [6, 6.07) is 9.75. The highest BCUT2D eigenvalue weighted by Crippen LogP contribution is 2.28. The average Bonchev–Trinajstić information content (AvgIpc) is 2.93. The molecular weight excluding hydrogens is 326 g/mol. The van der Waals surface area contributed by atoms with Crippen molar-refractivity contribution in [2.24, 2.45) is 0 Å². The van der Waals surface area contributed by atoms with Crippen LogP contribution in [0.4, 0.5) is 0 Å². The van der Waals surface area contributed by atoms with E-state index in [1.165, 1.54) is 4.88 Å². The number of ether oxygens (including phenoxy) is 1. The maximum atomic E-state index is 9.59. The SMILES string of the molecule is COc1ccc(Br)cc1C(CO)NCc1cccs1. The molecule has 102 valence electrons. The molecule has 2 N–H and O–H groups in total. The van der Waals surface area contributed by atoms with Gasteiger partial charge in [-0.3, -0.25) is 0 Å². The first-order valence-electron chi connectivity index (χ1n) is 5.94. The Labute approximate surface area is 125 Å². The first-order chi connectivity index (χ1) is 9.24. The topological polar surface area (TPSA) is 41.5 Å². The molecule has 0 bridgehead atoms. The summed E-state index contributed by atoms with van der Waals surface area (Å²) in [5.74, 6) is 0.779. The Morgan fingerprint density at radius 1 is 1.42 bits per heavy atom. The van der Waals surface area contributed by atoms with Crippen molar-refractivity contribution >= 4 is 27.3 Å². The number of nitrogens with one attached hydrogen (secondary N) is 1. The molecule has 0 saturated heterocycles. The van der Waals surface area contributed by atoms with Crippen LogP contribution in [0.2, 0.25) is 0 Å². The van der Waals surface area contributed by atoms with Gasteiger partial charge in [-0.1, -0.05) is 22.0 Å². The fraction of sp³-hybridized carbons (Fsp3) is 0.286. The highest BCUT2D eigenvalue weighted by Gasteiger charge is 2.15. The largest absolute Gasteiger partial charge is 0.496 e. The summed E-state index contributed by atoms with van der Waals surface area (Å²) in [6.07, 6.45) is 0. The minimum Gasteiger partial charge on any atom is -0.496 e. The van der Waals surface area contributed by atoms with E-state index in [-0.39, 0.29) is 12.6 Å². The molecule has 3 nitrogen and oxygen atoms in total. The molecule has 1 atom stereocenters. The third kappa shape index (κ3) is 3.79. The molecule has 5 heteroatoms. The van der Waals surface area contributed by atoms with Crippen molar-refractivity contribution in [3.63, 3.8) is 0 Å². The minimum absolute atomic E-state index is 0.0260. The molecule has 0 spiro atoms. The molecule has 2 rings (SSSR count). The number of methoxy groups -OCH3 is 1. The summed E-state index contributed by atoms with van der Waals surface area (Å²) in [4.78, 5) is 1.24. The first kappa shape index (κ1) is 14.5. The van der Waals surface area contributed by atoms with Crippen LogP contribution in [0.15, 0.2) is 40.2 Å². The normalized spacial score (nSPS) is 12.4. The van der Waals surface area contributed by atoms with E-state index in [0.717, 1.165) is 22.3 Å². The van der Waals surface area contributed by atoms with Gasteiger partial charge in [0.05, 0.1) is 19.8 Å². The van der Waals surface area contributed by atoms with E-state index < -0.39 is 0 Å². The number of rotatable bonds is 6. The van der Waals surface area contributed by atoms with Gasteiger partial charge in [-0.05, 0) is 29.6 Å². The molecule has 1 heterocycles. The Morgan fingerprint density at radius 3 is 2.89 bits per heavy atom. The number of aliphatic hydroxyl groups is 1. The van der Waals surface area contributed by atoms with Crippen LogP contribution in [0.25, 0.3) is 0 Å². The Balaban J connectivity index is 2.14. The second-order valence-corrected chi connectivity index (χ2v) is 6.03. The fourth-order valence-electron chi connectivity index (χ4n) is 1.89. The zero-order valence-electron chi connectivity index (χ0n) is 10.6. The van der Waals surface area contributed by atoms with E-state index in [1.807, 2.05) is 29.6 Å². The van der Waals surface area contributed by atoms with Gasteiger partial charge in [-0.15, -0.1) is 11.3 Å². The molecule has 0 fully saturated rings. The minimum atomic E-state index is -0.144. The van der Waals surface area contributed by atoms with Crippen molar-refractivity contribution in [3.05, 3.63) is 50.6 Å². The summed E-state index contributed by atoms with van der Waals surface area (Å²) >= 11 is 5.15. The Bertz CT molecular complexity index is 516. The highest BCUT2D eigenvalue weighted by atomic mass is 79.9. The van der Waals surface area contributed by atoms with Crippen molar-refractivity contribution in [2.45, 2.75) is 12.6 Å². The Morgan fingerprint density at radius 2 is 2.26 bits per heavy atom. The van der Waals surface area contributed by atoms with E-state index in [1.54, 1.807) is 18.4 Å². The van der Waals surface area contributed by atoms with E-state index in [4.69, 9.17) is 4.74 Å². The quantitative estimate of drug-likeness (QED) is 0.846. The van der Waals surface area contributed by atoms with E-state index in [2.05, 4.69) is 27.3 Å². The molecule has 0 amide bonds. The Kier molecular flexibility index (Phi) is 5.39. The predicted octanol–water partition coefficient (Wildman–Crippen LogP) is 3.34. The number of benzene rings is 1. The molecule has 0 aliphatic carbocycles. The van der Waals surface area contributed by atoms with Crippen LogP contribution < -0.4 is 10.1 Å². The smallest absolute Gasteiger partial charge is 0.123 e. The van der Waals surface area contributed by atoms with Crippen molar-refractivity contribution in [2.75, 3.05) is 13.7 Å². The van der Waals surface area contributed by atoms with Crippen LogP contribution in [0, 0.1) is 0 Å². The van der Waals surface area contributed by atoms with Gasteiger partial charge >= 0.3 is 0 Å². The van der Waals surface area contributed by atoms with Crippen molar-refractivity contribution in [1.29, 1.82) is 0 Å². The second kappa shape index (κ2) is 7.05. The molecule has 1 aromatic heterocycles. The van der Waals surface area contributed by atoms with Crippen LogP contribution in [0.1, 0.15) is 16.5 Å². The van der Waals surface area contributed by atoms with Gasteiger partial charge in [0.2, 0.25) is 0 Å². The van der Waals surface area contributed by atoms with E-state index in [0.29, 0.717) is 0 Å². The van der Waals surface area contributed by atoms with Gasteiger partial charge < -0.3 is 15.2 Å². The molecule has 0 radical (unpaired) electrons. The summed E-state index contributed by atoms with van der Waals surface area (Å²) in [5, 5.41) is 15.0. The molecule has 0 saturated carbocycles. The van der Waals surface area contributed by atoms with Crippen LogP contribution in [0.3, 0.4) is 0 Å². The van der Waals surface area contributed by atoms with Gasteiger partial charge in [-0.2, -0.15) is 0 Å². The van der Waals surface area contributed by atoms with Crippen LogP contribution in [-0.4, -0.2) is 18.8 Å². The molecule has 0 aliphatic rings. The molecule has 0 aliphatic heterocycles. The van der Waals surface area contributed by atoms with Crippen LogP contribution in [0.5, 0.6) is 5.75 Å². The summed E-state index contributed by atoms with van der Waals surface area (Å²) in [6.45, 7) is 0.761. The van der Waals surface area contributed by atoms with Crippen molar-refractivity contribution in [3.8, 4) is 5.75 Å². The predicted molar refractivity (Wildman–Crippen MR) is 81.7 cm³/mol. The zero-order chi connectivity index (χ0) is 13.7. The van der Waals surface area contributed by atoms with Crippen molar-refractivity contribution < 1.29 is 9.84 Å². The molecule has 1 unspecified atom stereocenters. The molecule has 1 aromatic carbocycles. The number of hydrogen-bond acceptors (Lipinski definition) is 4. The van der Waals surface area contributed by atoms with Gasteiger partial charge in [0, 0.05) is 21.5 Å². The molecular formula is C14H16BrNO2S. The van der Waals surface area contributed by atoms with Gasteiger partial charge in [0.15, 0.2) is 0 Å². The standard InChI is InChI=1S/C14H16BrNO2S/c1-18-14-5-4-10(15)7-12(14)13(9-17)16-8-11-3-2-6-19-11/h2-7,13,16-17H,8-9H2,1H3. The lowest BCUT2D eigenvalue weighted by Gasteiger charge is -2.19. The molecule has 19 heavy (non-hydrogen) atoms. The van der Waals surface area contributed by atoms with Crippen LogP contribution >= 0.6 is 27.3 Å². The number of halogens is 1. The first-order valence-corrected chi connectivity index (χ1v) is 7.62. The number of hydrogen-bond donors (Lipinski definition) is 2. The fourth-order valence-corrected chi connectivity index (χ4v) is 2.92. The zero-order valence-corrected chi connectivity index (χ0v) is 13.0. The maximum absolute atomic E-state index is 9.59. The highest BCUT2D eigenvalue weighted by molar-refractivity contribution is 9.10. The number of thiophene rings is 1. The van der Waals surface area contributed by atoms with Gasteiger partial charge in [0.25, 0.3) is 0 Å². The van der Waals surface area contributed by atoms with E-state index in [9.17, 15) is 5.11 Å². The van der Waals surface area contributed by atoms with Gasteiger partial charge in [-0.25, -0.2) is 0 Å².